The van der Waals surface area contributed by atoms with Gasteiger partial charge in [0.1, 0.15) is 18.1 Å². The number of para-hydroxylation sites is 1. The molecule has 0 amide bonds. The summed E-state index contributed by atoms with van der Waals surface area (Å²) in [6.07, 6.45) is 0. The Hall–Kier alpha value is -1.19. The van der Waals surface area contributed by atoms with Gasteiger partial charge in [-0.2, -0.15) is 0 Å². The zero-order chi connectivity index (χ0) is 14.5. The fourth-order valence-electron chi connectivity index (χ4n) is 1.99. The molecule has 20 heavy (non-hydrogen) atoms. The molecule has 0 fully saturated rings. The van der Waals surface area contributed by atoms with Gasteiger partial charge in [0, 0.05) is 11.1 Å². The van der Waals surface area contributed by atoms with Crippen LogP contribution in [-0.4, -0.2) is 7.11 Å². The molecule has 0 saturated heterocycles. The number of halogens is 2. The van der Waals surface area contributed by atoms with Gasteiger partial charge < -0.3 is 9.47 Å². The van der Waals surface area contributed by atoms with Crippen LogP contribution in [0.3, 0.4) is 0 Å². The van der Waals surface area contributed by atoms with Crippen LogP contribution in [0.5, 0.6) is 11.5 Å². The van der Waals surface area contributed by atoms with E-state index in [1.165, 1.54) is 5.56 Å². The summed E-state index contributed by atoms with van der Waals surface area (Å²) < 4.78 is 12.2. The van der Waals surface area contributed by atoms with E-state index >= 15 is 0 Å². The first-order chi connectivity index (χ1) is 9.65. The molecule has 2 aromatic carbocycles. The Morgan fingerprint density at radius 2 is 1.95 bits per heavy atom. The summed E-state index contributed by atoms with van der Waals surface area (Å²) in [6.45, 7) is 2.49. The topological polar surface area (TPSA) is 18.5 Å². The Morgan fingerprint density at radius 1 is 1.15 bits per heavy atom. The number of benzene rings is 2. The summed E-state index contributed by atoms with van der Waals surface area (Å²) in [7, 11) is 1.66. The number of hydrogen-bond acceptors (Lipinski definition) is 2. The van der Waals surface area contributed by atoms with E-state index in [9.17, 15) is 0 Å². The Labute approximate surface area is 132 Å². The lowest BCUT2D eigenvalue weighted by Crippen LogP contribution is -2.01. The number of hydrogen-bond donors (Lipinski definition) is 0. The number of alkyl halides is 1. The van der Waals surface area contributed by atoms with E-state index in [0.29, 0.717) is 12.5 Å². The van der Waals surface area contributed by atoms with Crippen LogP contribution in [0, 0.1) is 6.92 Å². The predicted octanol–water partition coefficient (Wildman–Crippen LogP) is 5.08. The highest BCUT2D eigenvalue weighted by Crippen LogP contribution is 2.31. The third-order valence-electron chi connectivity index (χ3n) is 3.00. The summed E-state index contributed by atoms with van der Waals surface area (Å²) in [4.78, 5) is 0. The van der Waals surface area contributed by atoms with Crippen LogP contribution in [0.15, 0.2) is 40.9 Å². The van der Waals surface area contributed by atoms with Crippen molar-refractivity contribution in [3.05, 3.63) is 57.6 Å². The fraction of sp³-hybridized carbons (Fsp3) is 0.250. The zero-order valence-electron chi connectivity index (χ0n) is 11.5. The SMILES string of the molecule is COc1ccc(C)cc1COc1c(Br)cccc1CCl. The molecule has 106 valence electrons. The molecule has 2 nitrogen and oxygen atoms in total. The molecule has 0 aliphatic rings. The molecule has 0 aliphatic carbocycles. The van der Waals surface area contributed by atoms with E-state index < -0.39 is 0 Å². The second-order valence-corrected chi connectivity index (χ2v) is 5.59. The molecular weight excluding hydrogens is 340 g/mol. The molecule has 0 saturated carbocycles. The second kappa shape index (κ2) is 7.00. The monoisotopic (exact) mass is 354 g/mol. The van der Waals surface area contributed by atoms with Crippen LogP contribution < -0.4 is 9.47 Å². The van der Waals surface area contributed by atoms with Crippen LogP contribution >= 0.6 is 27.5 Å². The van der Waals surface area contributed by atoms with Gasteiger partial charge in [-0.1, -0.05) is 23.8 Å². The minimum Gasteiger partial charge on any atom is -0.496 e. The maximum Gasteiger partial charge on any atom is 0.138 e. The van der Waals surface area contributed by atoms with Crippen molar-refractivity contribution >= 4 is 27.5 Å². The van der Waals surface area contributed by atoms with Crippen LogP contribution in [0.2, 0.25) is 0 Å². The van der Waals surface area contributed by atoms with Crippen LogP contribution in [0.4, 0.5) is 0 Å². The van der Waals surface area contributed by atoms with Crippen LogP contribution in [0.1, 0.15) is 16.7 Å². The van der Waals surface area contributed by atoms with E-state index in [4.69, 9.17) is 21.1 Å². The first-order valence-corrected chi connectivity index (χ1v) is 7.58. The van der Waals surface area contributed by atoms with Crippen LogP contribution in [0.25, 0.3) is 0 Å². The molecule has 2 aromatic rings. The van der Waals surface area contributed by atoms with Crippen LogP contribution in [-0.2, 0) is 12.5 Å². The summed E-state index contributed by atoms with van der Waals surface area (Å²) in [6, 6.07) is 11.9. The number of methoxy groups -OCH3 is 1. The number of ether oxygens (including phenoxy) is 2. The van der Waals surface area contributed by atoms with Crippen molar-refractivity contribution in [2.75, 3.05) is 7.11 Å². The van der Waals surface area contributed by atoms with E-state index in [1.807, 2.05) is 37.3 Å². The molecule has 0 heterocycles. The average molecular weight is 356 g/mol. The predicted molar refractivity (Wildman–Crippen MR) is 85.8 cm³/mol. The maximum atomic E-state index is 5.94. The summed E-state index contributed by atoms with van der Waals surface area (Å²) in [5.41, 5.74) is 3.16. The second-order valence-electron chi connectivity index (χ2n) is 4.47. The van der Waals surface area contributed by atoms with Crippen molar-refractivity contribution < 1.29 is 9.47 Å². The van der Waals surface area contributed by atoms with E-state index in [2.05, 4.69) is 22.0 Å². The minimum atomic E-state index is 0.416. The highest BCUT2D eigenvalue weighted by Gasteiger charge is 2.10. The minimum absolute atomic E-state index is 0.416. The third-order valence-corrected chi connectivity index (χ3v) is 3.91. The Bertz CT molecular complexity index is 599. The number of aryl methyl sites for hydroxylation is 1. The van der Waals surface area contributed by atoms with E-state index in [0.717, 1.165) is 27.1 Å². The smallest absolute Gasteiger partial charge is 0.138 e. The molecule has 0 radical (unpaired) electrons. The Kier molecular flexibility index (Phi) is 5.32. The summed E-state index contributed by atoms with van der Waals surface area (Å²) in [5.74, 6) is 2.03. The molecule has 0 unspecified atom stereocenters. The molecular formula is C16H16BrClO2. The Morgan fingerprint density at radius 3 is 2.65 bits per heavy atom. The third kappa shape index (κ3) is 3.47. The van der Waals surface area contributed by atoms with Crippen molar-refractivity contribution in [2.24, 2.45) is 0 Å². The fourth-order valence-corrected chi connectivity index (χ4v) is 2.72. The lowest BCUT2D eigenvalue weighted by atomic mass is 10.1. The molecule has 0 bridgehead atoms. The molecule has 0 N–H and O–H groups in total. The van der Waals surface area contributed by atoms with Crippen molar-refractivity contribution in [2.45, 2.75) is 19.4 Å². The zero-order valence-corrected chi connectivity index (χ0v) is 13.8. The maximum absolute atomic E-state index is 5.94. The highest BCUT2D eigenvalue weighted by molar-refractivity contribution is 9.10. The van der Waals surface area contributed by atoms with Gasteiger partial charge in [0.05, 0.1) is 17.5 Å². The first kappa shape index (κ1) is 15.2. The van der Waals surface area contributed by atoms with Gasteiger partial charge in [-0.05, 0) is 41.1 Å². The van der Waals surface area contributed by atoms with Gasteiger partial charge in [0.2, 0.25) is 0 Å². The Balaban J connectivity index is 2.23. The quantitative estimate of drug-likeness (QED) is 0.696. The van der Waals surface area contributed by atoms with Crippen molar-refractivity contribution in [3.8, 4) is 11.5 Å². The van der Waals surface area contributed by atoms with Gasteiger partial charge in [0.15, 0.2) is 0 Å². The molecule has 0 aromatic heterocycles. The van der Waals surface area contributed by atoms with Gasteiger partial charge in [-0.15, -0.1) is 11.6 Å². The number of rotatable bonds is 5. The largest absolute Gasteiger partial charge is 0.496 e. The lowest BCUT2D eigenvalue weighted by molar-refractivity contribution is 0.292. The molecule has 0 spiro atoms. The van der Waals surface area contributed by atoms with Gasteiger partial charge in [-0.25, -0.2) is 0 Å². The van der Waals surface area contributed by atoms with Gasteiger partial charge >= 0.3 is 0 Å². The molecule has 2 rings (SSSR count). The van der Waals surface area contributed by atoms with Crippen molar-refractivity contribution in [1.82, 2.24) is 0 Å². The molecule has 4 heteroatoms. The van der Waals surface area contributed by atoms with E-state index in [-0.39, 0.29) is 0 Å². The average Bonchev–Trinajstić information content (AvgIpc) is 2.46. The normalized spacial score (nSPS) is 10.4. The highest BCUT2D eigenvalue weighted by atomic mass is 79.9. The van der Waals surface area contributed by atoms with Gasteiger partial charge in [0.25, 0.3) is 0 Å². The first-order valence-electron chi connectivity index (χ1n) is 6.25. The van der Waals surface area contributed by atoms with Gasteiger partial charge in [-0.3, -0.25) is 0 Å². The van der Waals surface area contributed by atoms with Crippen molar-refractivity contribution in [1.29, 1.82) is 0 Å². The summed E-state index contributed by atoms with van der Waals surface area (Å²) >= 11 is 9.44. The lowest BCUT2D eigenvalue weighted by Gasteiger charge is -2.14. The molecule has 0 aliphatic heterocycles. The van der Waals surface area contributed by atoms with Crippen molar-refractivity contribution in [3.63, 3.8) is 0 Å². The summed E-state index contributed by atoms with van der Waals surface area (Å²) in [5, 5.41) is 0. The van der Waals surface area contributed by atoms with E-state index in [1.54, 1.807) is 7.11 Å². The standard InChI is InChI=1S/C16H16BrClO2/c1-11-6-7-15(19-2)13(8-11)10-20-16-12(9-18)4-3-5-14(16)17/h3-8H,9-10H2,1-2H3. The molecule has 0 atom stereocenters.